The Morgan fingerprint density at radius 2 is 1.83 bits per heavy atom. The monoisotopic (exact) mass is 247 g/mol. The van der Waals surface area contributed by atoms with Crippen LogP contribution < -0.4 is 5.32 Å². The lowest BCUT2D eigenvalue weighted by molar-refractivity contribution is -0.143. The SMILES string of the molecule is O=C(Nc1ccccn1)C(=O)N1CCCCCC1. The molecule has 2 amide bonds. The van der Waals surface area contributed by atoms with E-state index in [1.165, 1.54) is 0 Å². The number of pyridine rings is 1. The average Bonchev–Trinajstić information content (AvgIpc) is 2.68. The molecule has 1 saturated heterocycles. The van der Waals surface area contributed by atoms with E-state index in [1.54, 1.807) is 29.3 Å². The predicted octanol–water partition coefficient (Wildman–Crippen LogP) is 1.42. The molecule has 2 rings (SSSR count). The molecule has 1 aromatic heterocycles. The van der Waals surface area contributed by atoms with Crippen LogP contribution in [0.1, 0.15) is 25.7 Å². The molecule has 1 fully saturated rings. The molecule has 5 heteroatoms. The number of nitrogens with one attached hydrogen (secondary N) is 1. The summed E-state index contributed by atoms with van der Waals surface area (Å²) in [5.41, 5.74) is 0. The largest absolute Gasteiger partial charge is 0.334 e. The van der Waals surface area contributed by atoms with Crippen LogP contribution in [0.25, 0.3) is 0 Å². The lowest BCUT2D eigenvalue weighted by Gasteiger charge is -2.19. The molecule has 0 spiro atoms. The Morgan fingerprint density at radius 1 is 1.11 bits per heavy atom. The van der Waals surface area contributed by atoms with Crippen molar-refractivity contribution in [3.8, 4) is 0 Å². The van der Waals surface area contributed by atoms with Gasteiger partial charge in [-0.25, -0.2) is 4.98 Å². The molecule has 5 nitrogen and oxygen atoms in total. The van der Waals surface area contributed by atoms with Crippen molar-refractivity contribution in [2.24, 2.45) is 0 Å². The average molecular weight is 247 g/mol. The van der Waals surface area contributed by atoms with Gasteiger partial charge >= 0.3 is 11.8 Å². The van der Waals surface area contributed by atoms with Gasteiger partial charge in [0.25, 0.3) is 0 Å². The maximum atomic E-state index is 11.9. The Labute approximate surface area is 106 Å². The lowest BCUT2D eigenvalue weighted by atomic mass is 10.2. The van der Waals surface area contributed by atoms with Crippen molar-refractivity contribution in [3.05, 3.63) is 24.4 Å². The number of likely N-dealkylation sites (tertiary alicyclic amines) is 1. The van der Waals surface area contributed by atoms with Crippen molar-refractivity contribution in [3.63, 3.8) is 0 Å². The second kappa shape index (κ2) is 6.14. The molecule has 18 heavy (non-hydrogen) atoms. The number of nitrogens with zero attached hydrogens (tertiary/aromatic N) is 2. The smallest absolute Gasteiger partial charge is 0.315 e. The highest BCUT2D eigenvalue weighted by Gasteiger charge is 2.22. The molecule has 0 bridgehead atoms. The van der Waals surface area contributed by atoms with Gasteiger partial charge in [-0.3, -0.25) is 9.59 Å². The van der Waals surface area contributed by atoms with Crippen molar-refractivity contribution in [2.75, 3.05) is 18.4 Å². The van der Waals surface area contributed by atoms with Gasteiger partial charge < -0.3 is 10.2 Å². The third-order valence-electron chi connectivity index (χ3n) is 2.99. The number of anilines is 1. The highest BCUT2D eigenvalue weighted by Crippen LogP contribution is 2.10. The molecular weight excluding hydrogens is 230 g/mol. The minimum Gasteiger partial charge on any atom is -0.334 e. The van der Waals surface area contributed by atoms with Crippen molar-refractivity contribution >= 4 is 17.6 Å². The first-order valence-corrected chi connectivity index (χ1v) is 6.28. The predicted molar refractivity (Wildman–Crippen MR) is 67.9 cm³/mol. The fourth-order valence-corrected chi connectivity index (χ4v) is 2.02. The summed E-state index contributed by atoms with van der Waals surface area (Å²) in [5, 5.41) is 2.52. The van der Waals surface area contributed by atoms with E-state index in [2.05, 4.69) is 10.3 Å². The van der Waals surface area contributed by atoms with Gasteiger partial charge in [-0.1, -0.05) is 18.9 Å². The van der Waals surface area contributed by atoms with Crippen LogP contribution in [0.4, 0.5) is 5.82 Å². The first-order chi connectivity index (χ1) is 8.77. The molecule has 0 unspecified atom stereocenters. The molecule has 0 atom stereocenters. The van der Waals surface area contributed by atoms with Crippen LogP contribution in [0.5, 0.6) is 0 Å². The Morgan fingerprint density at radius 3 is 2.44 bits per heavy atom. The number of rotatable bonds is 1. The molecule has 0 radical (unpaired) electrons. The standard InChI is InChI=1S/C13H17N3O2/c17-12(15-11-7-3-4-8-14-11)13(18)16-9-5-1-2-6-10-16/h3-4,7-8H,1-2,5-6,9-10H2,(H,14,15,17). The summed E-state index contributed by atoms with van der Waals surface area (Å²) in [4.78, 5) is 29.3. The van der Waals surface area contributed by atoms with E-state index in [0.717, 1.165) is 25.7 Å². The van der Waals surface area contributed by atoms with Crippen LogP contribution in [0, 0.1) is 0 Å². The molecule has 0 aromatic carbocycles. The van der Waals surface area contributed by atoms with E-state index in [0.29, 0.717) is 18.9 Å². The molecule has 0 saturated carbocycles. The number of carbonyl (C=O) groups excluding carboxylic acids is 2. The quantitative estimate of drug-likeness (QED) is 0.763. The Hall–Kier alpha value is -1.91. The van der Waals surface area contributed by atoms with Gasteiger partial charge in [-0.05, 0) is 25.0 Å². The molecule has 2 heterocycles. The van der Waals surface area contributed by atoms with E-state index < -0.39 is 11.8 Å². The summed E-state index contributed by atoms with van der Waals surface area (Å²) in [6.45, 7) is 1.35. The third-order valence-corrected chi connectivity index (χ3v) is 2.99. The fraction of sp³-hybridized carbons (Fsp3) is 0.462. The van der Waals surface area contributed by atoms with Crippen LogP contribution in [0.3, 0.4) is 0 Å². The van der Waals surface area contributed by atoms with Gasteiger partial charge in [0.2, 0.25) is 0 Å². The van der Waals surface area contributed by atoms with Gasteiger partial charge in [-0.2, -0.15) is 0 Å². The molecule has 1 N–H and O–H groups in total. The molecule has 96 valence electrons. The number of hydrogen-bond donors (Lipinski definition) is 1. The van der Waals surface area contributed by atoms with E-state index in [-0.39, 0.29) is 0 Å². The first kappa shape index (κ1) is 12.5. The minimum atomic E-state index is -0.601. The number of carbonyl (C=O) groups is 2. The Balaban J connectivity index is 1.93. The highest BCUT2D eigenvalue weighted by atomic mass is 16.2. The number of amides is 2. The maximum Gasteiger partial charge on any atom is 0.315 e. The summed E-state index contributed by atoms with van der Waals surface area (Å²) in [5.74, 6) is -0.649. The second-order valence-electron chi connectivity index (χ2n) is 4.38. The summed E-state index contributed by atoms with van der Waals surface area (Å²) in [6, 6.07) is 5.18. The zero-order valence-electron chi connectivity index (χ0n) is 10.3. The van der Waals surface area contributed by atoms with Crippen LogP contribution in [-0.2, 0) is 9.59 Å². The maximum absolute atomic E-state index is 11.9. The zero-order chi connectivity index (χ0) is 12.8. The zero-order valence-corrected chi connectivity index (χ0v) is 10.3. The Bertz CT molecular complexity index is 412. The molecule has 0 aliphatic carbocycles. The van der Waals surface area contributed by atoms with Crippen LogP contribution in [0.2, 0.25) is 0 Å². The fourth-order valence-electron chi connectivity index (χ4n) is 2.02. The third kappa shape index (κ3) is 3.29. The van der Waals surface area contributed by atoms with Crippen LogP contribution >= 0.6 is 0 Å². The normalized spacial score (nSPS) is 15.9. The van der Waals surface area contributed by atoms with Gasteiger partial charge in [0.05, 0.1) is 0 Å². The van der Waals surface area contributed by atoms with E-state index >= 15 is 0 Å². The van der Waals surface area contributed by atoms with Crippen molar-refractivity contribution in [2.45, 2.75) is 25.7 Å². The highest BCUT2D eigenvalue weighted by molar-refractivity contribution is 6.39. The molecule has 1 aliphatic rings. The first-order valence-electron chi connectivity index (χ1n) is 6.28. The van der Waals surface area contributed by atoms with Crippen LogP contribution in [0.15, 0.2) is 24.4 Å². The summed E-state index contributed by atoms with van der Waals surface area (Å²) >= 11 is 0. The van der Waals surface area contributed by atoms with Crippen molar-refractivity contribution < 1.29 is 9.59 Å². The lowest BCUT2D eigenvalue weighted by Crippen LogP contribution is -2.40. The Kier molecular flexibility index (Phi) is 4.28. The molecule has 1 aromatic rings. The summed E-state index contributed by atoms with van der Waals surface area (Å²) in [6.07, 6.45) is 5.79. The summed E-state index contributed by atoms with van der Waals surface area (Å²) < 4.78 is 0. The van der Waals surface area contributed by atoms with Crippen LogP contribution in [-0.4, -0.2) is 34.8 Å². The van der Waals surface area contributed by atoms with Gasteiger partial charge in [0, 0.05) is 19.3 Å². The number of aromatic nitrogens is 1. The van der Waals surface area contributed by atoms with Gasteiger partial charge in [0.1, 0.15) is 5.82 Å². The van der Waals surface area contributed by atoms with E-state index in [9.17, 15) is 9.59 Å². The second-order valence-corrected chi connectivity index (χ2v) is 4.38. The molecule has 1 aliphatic heterocycles. The number of hydrogen-bond acceptors (Lipinski definition) is 3. The minimum absolute atomic E-state index is 0.408. The van der Waals surface area contributed by atoms with Crippen molar-refractivity contribution in [1.82, 2.24) is 9.88 Å². The van der Waals surface area contributed by atoms with Crippen molar-refractivity contribution in [1.29, 1.82) is 0 Å². The topological polar surface area (TPSA) is 62.3 Å². The van der Waals surface area contributed by atoms with E-state index in [4.69, 9.17) is 0 Å². The molecular formula is C13H17N3O2. The van der Waals surface area contributed by atoms with Gasteiger partial charge in [-0.15, -0.1) is 0 Å². The summed E-state index contributed by atoms with van der Waals surface area (Å²) in [7, 11) is 0. The van der Waals surface area contributed by atoms with Gasteiger partial charge in [0.15, 0.2) is 0 Å². The van der Waals surface area contributed by atoms with E-state index in [1.807, 2.05) is 0 Å².